The molecular formula is C66H130K4N10O10S4-8. The summed E-state index contributed by atoms with van der Waals surface area (Å²) in [5, 5.41) is 7.03. The minimum Gasteiger partial charge on any atom is -0.668 e. The van der Waals surface area contributed by atoms with Gasteiger partial charge in [0, 0.05) is 73.2 Å². The van der Waals surface area contributed by atoms with Gasteiger partial charge in [-0.15, -0.1) is 65.2 Å². The molecule has 20 nitrogen and oxygen atoms in total. The summed E-state index contributed by atoms with van der Waals surface area (Å²) in [5.74, 6) is -2.31. The van der Waals surface area contributed by atoms with Gasteiger partial charge in [-0.05, 0) is 81.1 Å². The minimum atomic E-state index is -0.583. The van der Waals surface area contributed by atoms with Crippen LogP contribution in [0.1, 0.15) is 300 Å². The predicted molar refractivity (Wildman–Crippen MR) is 393 cm³/mol. The van der Waals surface area contributed by atoms with Crippen molar-refractivity contribution in [3.05, 3.63) is 73.6 Å². The second-order valence-electron chi connectivity index (χ2n) is 20.9. The summed E-state index contributed by atoms with van der Waals surface area (Å²) in [6.45, 7) is 31.7. The molecule has 0 aliphatic rings. The van der Waals surface area contributed by atoms with Crippen molar-refractivity contribution in [2.75, 3.05) is 24.6 Å². The summed E-state index contributed by atoms with van der Waals surface area (Å²) >= 11 is 0. The fourth-order valence-electron chi connectivity index (χ4n) is 6.96. The smallest absolute Gasteiger partial charge is 0.668 e. The number of rotatable bonds is 46. The van der Waals surface area contributed by atoms with Crippen LogP contribution in [-0.4, -0.2) is 94.2 Å². The molecule has 540 valence electrons. The van der Waals surface area contributed by atoms with Gasteiger partial charge in [-0.1, -0.05) is 206 Å². The molecule has 2 atom stereocenters. The first kappa shape index (κ1) is 129. The quantitative estimate of drug-likeness (QED) is 0.0248. The van der Waals surface area contributed by atoms with Crippen LogP contribution < -0.4 is 216 Å². The van der Waals surface area contributed by atoms with Crippen LogP contribution in [0.15, 0.2) is 0 Å². The summed E-state index contributed by atoms with van der Waals surface area (Å²) in [6.07, 6.45) is 45.2. The van der Waals surface area contributed by atoms with Gasteiger partial charge in [0.05, 0.1) is 0 Å². The number of unbranched alkanes of at least 4 members (excludes halogenated alkanes) is 28. The molecule has 0 fully saturated rings. The van der Waals surface area contributed by atoms with E-state index in [-0.39, 0.29) is 217 Å². The van der Waals surface area contributed by atoms with Gasteiger partial charge in [0.1, 0.15) is 0 Å². The van der Waals surface area contributed by atoms with Crippen LogP contribution in [0.25, 0.3) is 45.9 Å². The maximum atomic E-state index is 12.1. The molecule has 0 aliphatic carbocycles. The first-order valence-electron chi connectivity index (χ1n) is 32.4. The Balaban J connectivity index is -0.000000103. The largest absolute Gasteiger partial charge is 1.00 e. The van der Waals surface area contributed by atoms with Crippen molar-refractivity contribution in [2.45, 2.75) is 311 Å². The van der Waals surface area contributed by atoms with Crippen LogP contribution in [0.5, 0.6) is 0 Å². The van der Waals surface area contributed by atoms with Crippen molar-refractivity contribution < 1.29 is 253 Å². The fourth-order valence-corrected chi connectivity index (χ4v) is 10.3. The molecule has 10 amide bonds. The third-order valence-corrected chi connectivity index (χ3v) is 15.7. The summed E-state index contributed by atoms with van der Waals surface area (Å²) in [5.41, 5.74) is 47.6. The maximum absolute atomic E-state index is 12.1. The Hall–Kier alpha value is 2.65. The molecule has 0 spiro atoms. The van der Waals surface area contributed by atoms with E-state index in [0.29, 0.717) is 23.3 Å². The summed E-state index contributed by atoms with van der Waals surface area (Å²) in [6, 6.07) is 0. The number of hydrogen-bond donors (Lipinski definition) is 2. The summed E-state index contributed by atoms with van der Waals surface area (Å²) < 4.78 is 0. The second-order valence-corrected chi connectivity index (χ2v) is 26.5. The van der Waals surface area contributed by atoms with Crippen molar-refractivity contribution in [1.29, 1.82) is 0 Å². The number of hydrogen-bond acceptors (Lipinski definition) is 14. The van der Waals surface area contributed by atoms with Gasteiger partial charge >= 0.3 is 206 Å². The normalized spacial score (nSPS) is 9.68. The van der Waals surface area contributed by atoms with E-state index in [4.69, 9.17) is 84.2 Å². The van der Waals surface area contributed by atoms with E-state index in [9.17, 15) is 9.59 Å². The molecule has 0 saturated heterocycles. The maximum Gasteiger partial charge on any atom is 1.00 e. The van der Waals surface area contributed by atoms with E-state index < -0.39 is 47.3 Å². The fraction of sp³-hybridized carbons (Fsp3) is 0.788. The zero-order valence-corrected chi connectivity index (χ0v) is 77.7. The SMILES string of the molecule is CC([NH-])=O.CC([NH-])=O.CC([NH-])=O.CC([NH-])=O.CC([NH-])=O.CC([NH-])=O.CC([NH-])=O.CC([NH-])=O.[CH2-]C(CCCCCNC(=O)CCCCCCCCCCCCCCC)SSC([CH2-])CCCCCNC(=O)CCCCCCCCCCCCCCC.[CH2-]CSSC[CH2-].[K+].[K+].[K+].[K+]. The van der Waals surface area contributed by atoms with Crippen LogP contribution >= 0.6 is 43.2 Å². The molecule has 0 bridgehead atoms. The summed E-state index contributed by atoms with van der Waals surface area (Å²) in [4.78, 5) is 97.2. The van der Waals surface area contributed by atoms with Crippen molar-refractivity contribution in [3.8, 4) is 0 Å². The Bertz CT molecular complexity index is 1380. The van der Waals surface area contributed by atoms with E-state index in [0.717, 1.165) is 76.0 Å². The molecule has 0 aromatic heterocycles. The first-order valence-corrected chi connectivity index (χ1v) is 37.1. The van der Waals surface area contributed by atoms with Gasteiger partial charge in [-0.3, -0.25) is 9.59 Å². The second kappa shape index (κ2) is 120. The molecule has 0 heterocycles. The Morgan fingerprint density at radius 2 is 0.457 bits per heavy atom. The van der Waals surface area contributed by atoms with E-state index >= 15 is 0 Å². The molecular weight excluding hydrogens is 1380 g/mol. The van der Waals surface area contributed by atoms with Crippen molar-refractivity contribution >= 4 is 102 Å². The molecule has 10 N–H and O–H groups in total. The topological polar surface area (TPSA) is 385 Å². The zero-order valence-electron chi connectivity index (χ0n) is 62.0. The minimum absolute atomic E-state index is 0. The van der Waals surface area contributed by atoms with E-state index in [1.165, 1.54) is 222 Å². The van der Waals surface area contributed by atoms with Crippen LogP contribution in [0.2, 0.25) is 0 Å². The molecule has 0 aliphatic heterocycles. The zero-order chi connectivity index (χ0) is 71.5. The number of carbonyl (C=O) groups excluding carboxylic acids is 10. The standard InChI is InChI=1S/C46H90N2O2S2.C4H8S2.8C2H5NO.4K/c1-5-7-9-11-13-15-17-19-21-23-25-27-33-39-45(49)47-41-35-29-31-37-43(3)51-52-44(4)38-32-30-36-42-48-46(50)40-34-28-26-24-22-20-18-16-14-12-10-8-6-2;1-3-5-6-4-2;8*1-2(3)4;;;;/h43-44H,3-42H2,1-2H3,(H,47,49)(H,48,50);1-4H2;8*1H3,(H2,3,4);;;;/q2*-2;;;;;;;;;4*+1/p-8. The molecule has 0 aromatic carbocycles. The Labute approximate surface area is 762 Å². The average molecular weight is 1510 g/mol. The summed E-state index contributed by atoms with van der Waals surface area (Å²) in [7, 11) is 7.27. The molecule has 0 saturated carbocycles. The van der Waals surface area contributed by atoms with Crippen molar-refractivity contribution in [3.63, 3.8) is 0 Å². The number of amides is 10. The monoisotopic (exact) mass is 1510 g/mol. The van der Waals surface area contributed by atoms with Crippen LogP contribution in [0.3, 0.4) is 0 Å². The van der Waals surface area contributed by atoms with Crippen molar-refractivity contribution in [2.24, 2.45) is 0 Å². The Kier molecular flexibility index (Phi) is 165. The molecule has 94 heavy (non-hydrogen) atoms. The van der Waals surface area contributed by atoms with Gasteiger partial charge < -0.3 is 123 Å². The van der Waals surface area contributed by atoms with E-state index in [1.807, 2.05) is 21.6 Å². The van der Waals surface area contributed by atoms with Crippen LogP contribution in [-0.2, 0) is 47.9 Å². The van der Waals surface area contributed by atoms with Gasteiger partial charge in [0.2, 0.25) is 11.8 Å². The third kappa shape index (κ3) is 241. The first-order chi connectivity index (χ1) is 42.3. The van der Waals surface area contributed by atoms with Crippen LogP contribution in [0, 0.1) is 27.7 Å². The predicted octanol–water partition coefficient (Wildman–Crippen LogP) is 9.82. The van der Waals surface area contributed by atoms with Crippen molar-refractivity contribution in [1.82, 2.24) is 10.6 Å². The number of carbonyl (C=O) groups is 10. The molecule has 28 heteroatoms. The third-order valence-electron chi connectivity index (χ3n) is 10.6. The Morgan fingerprint density at radius 3 is 0.628 bits per heavy atom. The molecule has 0 aromatic rings. The van der Waals surface area contributed by atoms with Gasteiger partial charge in [0.25, 0.3) is 0 Å². The molecule has 0 rings (SSSR count). The van der Waals surface area contributed by atoms with Gasteiger partial charge in [0.15, 0.2) is 0 Å². The van der Waals surface area contributed by atoms with Gasteiger partial charge in [-0.25, -0.2) is 0 Å². The number of nitrogens with one attached hydrogen (secondary N) is 10. The average Bonchev–Trinajstić information content (AvgIpc) is 3.47. The van der Waals surface area contributed by atoms with E-state index in [2.05, 4.69) is 52.2 Å². The molecule has 0 radical (unpaired) electrons. The van der Waals surface area contributed by atoms with Crippen LogP contribution in [0.4, 0.5) is 0 Å². The van der Waals surface area contributed by atoms with E-state index in [1.54, 1.807) is 21.6 Å². The van der Waals surface area contributed by atoms with Gasteiger partial charge in [-0.2, -0.15) is 0 Å². The Morgan fingerprint density at radius 1 is 0.298 bits per heavy atom. The molecule has 2 unspecified atom stereocenters.